The number of aryl methyl sites for hydroxylation is 1. The van der Waals surface area contributed by atoms with Crippen LogP contribution in [0.3, 0.4) is 0 Å². The van der Waals surface area contributed by atoms with Gasteiger partial charge in [0.1, 0.15) is 11.5 Å². The van der Waals surface area contributed by atoms with Crippen LogP contribution in [-0.4, -0.2) is 17.2 Å². The fourth-order valence-electron chi connectivity index (χ4n) is 1.47. The number of benzene rings is 1. The number of hydrogen-bond acceptors (Lipinski definition) is 4. The minimum Gasteiger partial charge on any atom is -0.507 e. The molecule has 0 atom stereocenters. The van der Waals surface area contributed by atoms with Crippen molar-refractivity contribution in [3.63, 3.8) is 0 Å². The van der Waals surface area contributed by atoms with Crippen LogP contribution in [0.1, 0.15) is 21.7 Å². The van der Waals surface area contributed by atoms with Crippen molar-refractivity contribution in [3.05, 3.63) is 51.9 Å². The van der Waals surface area contributed by atoms with Crippen LogP contribution >= 0.6 is 15.9 Å². The lowest BCUT2D eigenvalue weighted by Gasteiger charge is -2.00. The van der Waals surface area contributed by atoms with Gasteiger partial charge >= 0.3 is 0 Å². The first-order valence-electron chi connectivity index (χ1n) is 5.44. The Labute approximate surface area is 118 Å². The number of rotatable bonds is 3. The predicted octanol–water partition coefficient (Wildman–Crippen LogP) is 2.82. The third kappa shape index (κ3) is 3.23. The van der Waals surface area contributed by atoms with Gasteiger partial charge in [0, 0.05) is 10.0 Å². The average Bonchev–Trinajstić information content (AvgIpc) is 2.80. The molecule has 2 rings (SSSR count). The summed E-state index contributed by atoms with van der Waals surface area (Å²) in [5.74, 6) is 0.246. The Hall–Kier alpha value is -2.08. The van der Waals surface area contributed by atoms with Crippen molar-refractivity contribution in [3.8, 4) is 5.75 Å². The number of phenols is 1. The monoisotopic (exact) mass is 322 g/mol. The van der Waals surface area contributed by atoms with E-state index in [2.05, 4.69) is 26.5 Å². The van der Waals surface area contributed by atoms with Gasteiger partial charge in [-0.15, -0.1) is 0 Å². The molecule has 98 valence electrons. The minimum absolute atomic E-state index is 0.0840. The van der Waals surface area contributed by atoms with Gasteiger partial charge in [0.15, 0.2) is 0 Å². The molecule has 0 radical (unpaired) electrons. The molecule has 0 saturated carbocycles. The Kier molecular flexibility index (Phi) is 4.01. The van der Waals surface area contributed by atoms with Gasteiger partial charge in [-0.2, -0.15) is 5.10 Å². The normalized spacial score (nSPS) is 10.8. The van der Waals surface area contributed by atoms with Crippen LogP contribution in [0.5, 0.6) is 5.75 Å². The topological polar surface area (TPSA) is 74.8 Å². The van der Waals surface area contributed by atoms with Crippen molar-refractivity contribution >= 4 is 28.1 Å². The van der Waals surface area contributed by atoms with Crippen molar-refractivity contribution in [2.24, 2.45) is 5.10 Å². The van der Waals surface area contributed by atoms with Crippen LogP contribution in [0, 0.1) is 6.92 Å². The van der Waals surface area contributed by atoms with Crippen LogP contribution < -0.4 is 5.43 Å². The van der Waals surface area contributed by atoms with Crippen LogP contribution in [0.15, 0.2) is 44.5 Å². The van der Waals surface area contributed by atoms with Gasteiger partial charge in [0.25, 0.3) is 5.91 Å². The first-order chi connectivity index (χ1) is 9.08. The highest BCUT2D eigenvalue weighted by Crippen LogP contribution is 2.19. The second-order valence-electron chi connectivity index (χ2n) is 3.79. The van der Waals surface area contributed by atoms with Gasteiger partial charge in [-0.25, -0.2) is 5.43 Å². The number of phenolic OH excluding ortho intramolecular Hbond substituents is 1. The zero-order valence-corrected chi connectivity index (χ0v) is 11.6. The molecule has 0 aliphatic carbocycles. The van der Waals surface area contributed by atoms with Crippen LogP contribution in [0.2, 0.25) is 0 Å². The number of nitrogens with zero attached hydrogens (tertiary/aromatic N) is 1. The highest BCUT2D eigenvalue weighted by Gasteiger charge is 2.09. The zero-order chi connectivity index (χ0) is 13.8. The SMILES string of the molecule is Cc1occc1C(=O)N/N=C/c1cc(Br)ccc1O. The maximum absolute atomic E-state index is 11.7. The first kappa shape index (κ1) is 13.4. The third-order valence-electron chi connectivity index (χ3n) is 2.46. The molecule has 6 heteroatoms. The van der Waals surface area contributed by atoms with E-state index in [4.69, 9.17) is 4.42 Å². The van der Waals surface area contributed by atoms with Crippen LogP contribution in [0.25, 0.3) is 0 Å². The Morgan fingerprint density at radius 3 is 2.95 bits per heavy atom. The molecule has 0 saturated heterocycles. The molecule has 0 aliphatic heterocycles. The summed E-state index contributed by atoms with van der Waals surface area (Å²) < 4.78 is 5.84. The van der Waals surface area contributed by atoms with E-state index in [-0.39, 0.29) is 11.7 Å². The number of hydrazone groups is 1. The minimum atomic E-state index is -0.364. The summed E-state index contributed by atoms with van der Waals surface area (Å²) in [6.07, 6.45) is 2.81. The summed E-state index contributed by atoms with van der Waals surface area (Å²) in [6.45, 7) is 1.69. The van der Waals surface area contributed by atoms with E-state index in [1.807, 2.05) is 0 Å². The van der Waals surface area contributed by atoms with Crippen molar-refractivity contribution in [2.45, 2.75) is 6.92 Å². The molecule has 5 nitrogen and oxygen atoms in total. The highest BCUT2D eigenvalue weighted by molar-refractivity contribution is 9.10. The lowest BCUT2D eigenvalue weighted by atomic mass is 10.2. The number of carbonyl (C=O) groups is 1. The third-order valence-corrected chi connectivity index (χ3v) is 2.96. The maximum atomic E-state index is 11.7. The molecule has 0 aliphatic rings. The lowest BCUT2D eigenvalue weighted by molar-refractivity contribution is 0.0953. The van der Waals surface area contributed by atoms with Crippen LogP contribution in [0.4, 0.5) is 0 Å². The number of hydrogen-bond donors (Lipinski definition) is 2. The van der Waals surface area contributed by atoms with Crippen molar-refractivity contribution in [1.29, 1.82) is 0 Å². The van der Waals surface area contributed by atoms with E-state index in [1.54, 1.807) is 25.1 Å². The summed E-state index contributed by atoms with van der Waals surface area (Å²) in [5, 5.41) is 13.4. The molecule has 1 aromatic carbocycles. The molecule has 0 unspecified atom stereocenters. The second kappa shape index (κ2) is 5.71. The Bertz CT molecular complexity index is 635. The molecular weight excluding hydrogens is 312 g/mol. The average molecular weight is 323 g/mol. The van der Waals surface area contributed by atoms with Gasteiger partial charge in [-0.05, 0) is 31.2 Å². The first-order valence-corrected chi connectivity index (χ1v) is 6.23. The highest BCUT2D eigenvalue weighted by atomic mass is 79.9. The smallest absolute Gasteiger partial charge is 0.274 e. The molecule has 0 fully saturated rings. The van der Waals surface area contributed by atoms with E-state index in [9.17, 15) is 9.90 Å². The standard InChI is InChI=1S/C13H11BrN2O3/c1-8-11(4-5-19-8)13(18)16-15-7-9-6-10(14)2-3-12(9)17/h2-7,17H,1H3,(H,16,18)/b15-7+. The summed E-state index contributed by atoms with van der Waals surface area (Å²) in [4.78, 5) is 11.7. The molecule has 2 N–H and O–H groups in total. The molecular formula is C13H11BrN2O3. The summed E-state index contributed by atoms with van der Waals surface area (Å²) in [6, 6.07) is 6.50. The van der Waals surface area contributed by atoms with Crippen molar-refractivity contribution < 1.29 is 14.3 Å². The lowest BCUT2D eigenvalue weighted by Crippen LogP contribution is -2.17. The van der Waals surface area contributed by atoms with Gasteiger partial charge < -0.3 is 9.52 Å². The Balaban J connectivity index is 2.06. The fraction of sp³-hybridized carbons (Fsp3) is 0.0769. The molecule has 0 bridgehead atoms. The molecule has 2 aromatic rings. The van der Waals surface area contributed by atoms with E-state index >= 15 is 0 Å². The van der Waals surface area contributed by atoms with Crippen molar-refractivity contribution in [1.82, 2.24) is 5.43 Å². The number of aromatic hydroxyl groups is 1. The summed E-state index contributed by atoms with van der Waals surface area (Å²) >= 11 is 3.29. The van der Waals surface area contributed by atoms with E-state index in [0.717, 1.165) is 4.47 Å². The summed E-state index contributed by atoms with van der Waals surface area (Å²) in [7, 11) is 0. The Morgan fingerprint density at radius 2 is 2.26 bits per heavy atom. The fourth-order valence-corrected chi connectivity index (χ4v) is 1.85. The van der Waals surface area contributed by atoms with Crippen molar-refractivity contribution in [2.75, 3.05) is 0 Å². The molecule has 1 aromatic heterocycles. The van der Waals surface area contributed by atoms with Gasteiger partial charge in [0.05, 0.1) is 18.0 Å². The zero-order valence-electron chi connectivity index (χ0n) is 10.1. The molecule has 1 amide bonds. The van der Waals surface area contributed by atoms with E-state index < -0.39 is 0 Å². The number of furan rings is 1. The maximum Gasteiger partial charge on any atom is 0.274 e. The predicted molar refractivity (Wildman–Crippen MR) is 74.3 cm³/mol. The van der Waals surface area contributed by atoms with Gasteiger partial charge in [-0.1, -0.05) is 15.9 Å². The summed E-state index contributed by atoms with van der Waals surface area (Å²) in [5.41, 5.74) is 3.29. The molecule has 1 heterocycles. The number of amides is 1. The largest absolute Gasteiger partial charge is 0.507 e. The Morgan fingerprint density at radius 1 is 1.47 bits per heavy atom. The molecule has 19 heavy (non-hydrogen) atoms. The number of halogens is 1. The van der Waals surface area contributed by atoms with E-state index in [1.165, 1.54) is 18.5 Å². The second-order valence-corrected chi connectivity index (χ2v) is 4.71. The van der Waals surface area contributed by atoms with Gasteiger partial charge in [-0.3, -0.25) is 4.79 Å². The van der Waals surface area contributed by atoms with Crippen LogP contribution in [-0.2, 0) is 0 Å². The van der Waals surface area contributed by atoms with E-state index in [0.29, 0.717) is 16.9 Å². The van der Waals surface area contributed by atoms with Gasteiger partial charge in [0.2, 0.25) is 0 Å². The quantitative estimate of drug-likeness (QED) is 0.674. The number of carbonyl (C=O) groups excluding carboxylic acids is 1. The number of nitrogens with one attached hydrogen (secondary N) is 1. The molecule has 0 spiro atoms.